The molecule has 0 bridgehead atoms. The summed E-state index contributed by atoms with van der Waals surface area (Å²) in [6.45, 7) is 0. The zero-order valence-electron chi connectivity index (χ0n) is 3.75. The van der Waals surface area contributed by atoms with Gasteiger partial charge in [0.15, 0.2) is 0 Å². The van der Waals surface area contributed by atoms with Crippen LogP contribution in [-0.2, 0) is 37.2 Å². The van der Waals surface area contributed by atoms with E-state index in [0.717, 1.165) is 0 Å². The van der Waals surface area contributed by atoms with E-state index in [0.29, 0.717) is 0 Å². The van der Waals surface area contributed by atoms with Crippen LogP contribution < -0.4 is 10.2 Å². The average Bonchev–Trinajstić information content (AvgIpc) is 0.811. The SMILES string of the molecule is O=C([O-])[O-].[Mg+2].[O-2].[O-2].[Zr+4]. The molecule has 0 N–H and O–H groups in total. The molecule has 0 aliphatic heterocycles. The van der Waals surface area contributed by atoms with Crippen molar-refractivity contribution in [2.24, 2.45) is 0 Å². The topological polar surface area (TPSA) is 120 Å². The second-order valence-corrected chi connectivity index (χ2v) is 0.250. The van der Waals surface area contributed by atoms with Crippen molar-refractivity contribution in [1.29, 1.82) is 0 Å². The van der Waals surface area contributed by atoms with Gasteiger partial charge in [-0.15, -0.1) is 0 Å². The average molecular weight is 208 g/mol. The smallest absolute Gasteiger partial charge is 2.00 e. The van der Waals surface area contributed by atoms with Gasteiger partial charge in [0.2, 0.25) is 0 Å². The Labute approximate surface area is 81.0 Å². The number of carboxylic acid groups (broad SMARTS) is 2. The van der Waals surface area contributed by atoms with Gasteiger partial charge in [0.25, 0.3) is 0 Å². The summed E-state index contributed by atoms with van der Waals surface area (Å²) < 4.78 is 0. The molecule has 0 saturated carbocycles. The zero-order valence-corrected chi connectivity index (χ0v) is 7.62. The molecule has 0 aliphatic carbocycles. The summed E-state index contributed by atoms with van der Waals surface area (Å²) in [4.78, 5) is 8.33. The summed E-state index contributed by atoms with van der Waals surface area (Å²) in [5, 5.41) is 16.7. The fraction of sp³-hybridized carbons (Fsp3) is 0. The predicted molar refractivity (Wildman–Crippen MR) is 12.5 cm³/mol. The molecule has 0 aromatic carbocycles. The molecule has 0 heterocycles. The minimum Gasteiger partial charge on any atom is -2.00 e. The summed E-state index contributed by atoms with van der Waals surface area (Å²) in [5.41, 5.74) is 0. The Bertz CT molecular complexity index is 35.4. The molecular formula is CMgO5Zr. The van der Waals surface area contributed by atoms with E-state index in [2.05, 4.69) is 0 Å². The van der Waals surface area contributed by atoms with E-state index in [1.807, 2.05) is 0 Å². The van der Waals surface area contributed by atoms with Crippen LogP contribution in [0, 0.1) is 0 Å². The van der Waals surface area contributed by atoms with Crippen LogP contribution in [0.2, 0.25) is 0 Å². The van der Waals surface area contributed by atoms with Crippen molar-refractivity contribution in [3.05, 3.63) is 0 Å². The fourth-order valence-electron chi connectivity index (χ4n) is 0. The molecule has 0 amide bonds. The molecule has 7 heteroatoms. The van der Waals surface area contributed by atoms with E-state index in [1.54, 1.807) is 0 Å². The molecular weight excluding hydrogens is 208 g/mol. The maximum Gasteiger partial charge on any atom is 4.00 e. The summed E-state index contributed by atoms with van der Waals surface area (Å²) in [6, 6.07) is 0. The molecule has 0 aromatic rings. The molecule has 0 atom stereocenters. The van der Waals surface area contributed by atoms with Crippen LogP contribution in [0.1, 0.15) is 0 Å². The van der Waals surface area contributed by atoms with Crippen molar-refractivity contribution >= 4 is 29.2 Å². The van der Waals surface area contributed by atoms with Gasteiger partial charge in [0.05, 0.1) is 0 Å². The fourth-order valence-corrected chi connectivity index (χ4v) is 0. The van der Waals surface area contributed by atoms with Gasteiger partial charge in [-0.25, -0.2) is 0 Å². The van der Waals surface area contributed by atoms with E-state index in [1.165, 1.54) is 0 Å². The Morgan fingerprint density at radius 2 is 1.12 bits per heavy atom. The first-order chi connectivity index (χ1) is 1.73. The molecule has 0 aromatic heterocycles. The molecule has 8 heavy (non-hydrogen) atoms. The van der Waals surface area contributed by atoms with Crippen LogP contribution in [-0.4, -0.2) is 29.2 Å². The molecule has 0 saturated heterocycles. The Morgan fingerprint density at radius 1 is 1.12 bits per heavy atom. The van der Waals surface area contributed by atoms with E-state index < -0.39 is 6.16 Å². The van der Waals surface area contributed by atoms with Gasteiger partial charge in [0, 0.05) is 0 Å². The summed E-state index contributed by atoms with van der Waals surface area (Å²) in [5.74, 6) is 0. The Hall–Kier alpha value is 0.839. The van der Waals surface area contributed by atoms with E-state index in [-0.39, 0.29) is 60.2 Å². The van der Waals surface area contributed by atoms with Crippen molar-refractivity contribution in [3.63, 3.8) is 0 Å². The predicted octanol–water partition coefficient (Wildman–Crippen LogP) is -3.07. The van der Waals surface area contributed by atoms with Crippen molar-refractivity contribution in [2.45, 2.75) is 0 Å². The third-order valence-electron chi connectivity index (χ3n) is 0. The van der Waals surface area contributed by atoms with Gasteiger partial charge in [-0.1, -0.05) is 0 Å². The van der Waals surface area contributed by atoms with Crippen molar-refractivity contribution in [3.8, 4) is 0 Å². The Morgan fingerprint density at radius 3 is 1.12 bits per heavy atom. The van der Waals surface area contributed by atoms with Crippen LogP contribution in [0.4, 0.5) is 4.79 Å². The Kier molecular flexibility index (Phi) is 115. The van der Waals surface area contributed by atoms with Gasteiger partial charge >= 0.3 is 49.3 Å². The number of hydrogen-bond donors (Lipinski definition) is 0. The van der Waals surface area contributed by atoms with Crippen LogP contribution in [0.25, 0.3) is 0 Å². The Balaban J connectivity index is -0.00000000750. The molecule has 0 fully saturated rings. The summed E-state index contributed by atoms with van der Waals surface area (Å²) in [6.07, 6.45) is -2.33. The van der Waals surface area contributed by atoms with Crippen LogP contribution in [0.5, 0.6) is 0 Å². The molecule has 0 radical (unpaired) electrons. The van der Waals surface area contributed by atoms with Crippen LogP contribution in [0.15, 0.2) is 0 Å². The first-order valence-corrected chi connectivity index (χ1v) is 0.612. The molecule has 0 rings (SSSR count). The van der Waals surface area contributed by atoms with Crippen molar-refractivity contribution in [2.75, 3.05) is 0 Å². The van der Waals surface area contributed by atoms with Crippen LogP contribution >= 0.6 is 0 Å². The van der Waals surface area contributed by atoms with Gasteiger partial charge < -0.3 is 26.0 Å². The molecule has 5 nitrogen and oxygen atoms in total. The number of carbonyl (C=O) groups is 1. The zero-order chi connectivity index (χ0) is 3.58. The van der Waals surface area contributed by atoms with Gasteiger partial charge in [-0.05, 0) is 6.16 Å². The third-order valence-corrected chi connectivity index (χ3v) is 0. The summed E-state index contributed by atoms with van der Waals surface area (Å²) in [7, 11) is 0. The van der Waals surface area contributed by atoms with Gasteiger partial charge in [0.1, 0.15) is 0 Å². The number of hydrogen-bond acceptors (Lipinski definition) is 3. The normalized spacial score (nSPS) is 3.00. The van der Waals surface area contributed by atoms with E-state index >= 15 is 0 Å². The van der Waals surface area contributed by atoms with E-state index in [9.17, 15) is 0 Å². The second kappa shape index (κ2) is 24.9. The minimum atomic E-state index is -2.33. The molecule has 0 spiro atoms. The van der Waals surface area contributed by atoms with Crippen LogP contribution in [0.3, 0.4) is 0 Å². The number of rotatable bonds is 0. The monoisotopic (exact) mass is 206 g/mol. The van der Waals surface area contributed by atoms with E-state index in [4.69, 9.17) is 15.0 Å². The molecule has 0 unspecified atom stereocenters. The quantitative estimate of drug-likeness (QED) is 0.392. The standard InChI is InChI=1S/CH2O3.Mg.2O.Zr/c2-1(3)4;;;;/h(H2,2,3,4);;;;/q;+2;2*-2;+4/p-2. The largest absolute Gasteiger partial charge is 4.00 e. The third kappa shape index (κ3) is 331. The maximum atomic E-state index is 8.33. The van der Waals surface area contributed by atoms with Gasteiger partial charge in [-0.2, -0.15) is 0 Å². The van der Waals surface area contributed by atoms with Gasteiger partial charge in [-0.3, -0.25) is 0 Å². The minimum absolute atomic E-state index is 0. The summed E-state index contributed by atoms with van der Waals surface area (Å²) >= 11 is 0. The molecule has 40 valence electrons. The number of carbonyl (C=O) groups excluding carboxylic acids is 1. The second-order valence-electron chi connectivity index (χ2n) is 0.250. The molecule has 0 aliphatic rings. The van der Waals surface area contributed by atoms with Crippen molar-refractivity contribution < 1.29 is 52.2 Å². The maximum absolute atomic E-state index is 8.33. The first kappa shape index (κ1) is 36.9. The first-order valence-electron chi connectivity index (χ1n) is 0.612. The van der Waals surface area contributed by atoms with Crippen molar-refractivity contribution in [1.82, 2.24) is 0 Å².